The van der Waals surface area contributed by atoms with Crippen LogP contribution in [0.5, 0.6) is 5.75 Å². The first kappa shape index (κ1) is 17.8. The highest BCUT2D eigenvalue weighted by Crippen LogP contribution is 2.48. The van der Waals surface area contributed by atoms with Gasteiger partial charge in [-0.05, 0) is 29.7 Å². The van der Waals surface area contributed by atoms with E-state index in [0.717, 1.165) is 16.7 Å². The smallest absolute Gasteiger partial charge is 0.261 e. The number of guanidine groups is 1. The quantitative estimate of drug-likeness (QED) is 0.862. The van der Waals surface area contributed by atoms with Crippen LogP contribution in [0.25, 0.3) is 11.1 Å². The summed E-state index contributed by atoms with van der Waals surface area (Å²) in [6, 6.07) is 7.61. The molecule has 4 rings (SSSR count). The summed E-state index contributed by atoms with van der Waals surface area (Å²) in [7, 11) is 1.65. The molecule has 0 saturated heterocycles. The lowest BCUT2D eigenvalue weighted by atomic mass is 9.78. The number of hydrogen-bond acceptors (Lipinski definition) is 5. The molecular formula is C20H21ClN4O2. The van der Waals surface area contributed by atoms with Gasteiger partial charge >= 0.3 is 0 Å². The summed E-state index contributed by atoms with van der Waals surface area (Å²) < 4.78 is 6.19. The first-order valence-electron chi connectivity index (χ1n) is 8.87. The van der Waals surface area contributed by atoms with Gasteiger partial charge in [0.25, 0.3) is 5.91 Å². The molecule has 0 aliphatic carbocycles. The minimum absolute atomic E-state index is 0.122. The van der Waals surface area contributed by atoms with Gasteiger partial charge in [-0.15, -0.1) is 0 Å². The first-order chi connectivity index (χ1) is 12.8. The predicted octanol–water partition coefficient (Wildman–Crippen LogP) is 3.19. The zero-order chi connectivity index (χ0) is 19.3. The lowest BCUT2D eigenvalue weighted by molar-refractivity contribution is -0.132. The molecular weight excluding hydrogens is 364 g/mol. The van der Waals surface area contributed by atoms with Crippen molar-refractivity contribution in [2.24, 2.45) is 16.6 Å². The summed E-state index contributed by atoms with van der Waals surface area (Å²) in [5.74, 6) is 1.00. The molecule has 0 radical (unpaired) electrons. The molecule has 140 valence electrons. The Balaban J connectivity index is 1.90. The number of aromatic nitrogens is 1. The highest BCUT2D eigenvalue weighted by molar-refractivity contribution is 6.30. The zero-order valence-electron chi connectivity index (χ0n) is 15.4. The molecule has 2 aliphatic rings. The van der Waals surface area contributed by atoms with E-state index >= 15 is 0 Å². The number of rotatable bonds is 2. The molecule has 2 aliphatic heterocycles. The van der Waals surface area contributed by atoms with Crippen molar-refractivity contribution in [2.45, 2.75) is 31.9 Å². The number of ether oxygens (including phenoxy) is 1. The molecule has 1 spiro atoms. The van der Waals surface area contributed by atoms with Crippen LogP contribution >= 0.6 is 11.6 Å². The zero-order valence-corrected chi connectivity index (χ0v) is 16.2. The van der Waals surface area contributed by atoms with Crippen LogP contribution in [0.1, 0.15) is 25.8 Å². The lowest BCUT2D eigenvalue weighted by Crippen LogP contribution is -2.46. The Morgan fingerprint density at radius 2 is 2.07 bits per heavy atom. The van der Waals surface area contributed by atoms with Gasteiger partial charge in [0, 0.05) is 37.0 Å². The second-order valence-corrected chi connectivity index (χ2v) is 7.84. The van der Waals surface area contributed by atoms with E-state index in [9.17, 15) is 4.79 Å². The van der Waals surface area contributed by atoms with Gasteiger partial charge in [-0.2, -0.15) is 0 Å². The van der Waals surface area contributed by atoms with Crippen LogP contribution in [0.2, 0.25) is 5.02 Å². The number of benzene rings is 1. The molecule has 6 nitrogen and oxygen atoms in total. The number of nitrogens with zero attached hydrogens (tertiary/aromatic N) is 3. The SMILES string of the molecule is CC(C)C1CC2(N=C(N)N(C)C2=O)c2cc(-c3cncc(Cl)c3)ccc2O1. The van der Waals surface area contributed by atoms with Crippen molar-refractivity contribution in [3.05, 3.63) is 47.2 Å². The Morgan fingerprint density at radius 3 is 2.70 bits per heavy atom. The Bertz CT molecular complexity index is 959. The monoisotopic (exact) mass is 384 g/mol. The van der Waals surface area contributed by atoms with Crippen molar-refractivity contribution < 1.29 is 9.53 Å². The fourth-order valence-corrected chi connectivity index (χ4v) is 3.87. The summed E-state index contributed by atoms with van der Waals surface area (Å²) in [5, 5.41) is 0.551. The minimum atomic E-state index is -1.05. The average Bonchev–Trinajstić information content (AvgIpc) is 2.85. The normalized spacial score (nSPS) is 24.2. The summed E-state index contributed by atoms with van der Waals surface area (Å²) in [5.41, 5.74) is 7.44. The third-order valence-corrected chi connectivity index (χ3v) is 5.50. The van der Waals surface area contributed by atoms with Gasteiger partial charge < -0.3 is 10.5 Å². The highest BCUT2D eigenvalue weighted by Gasteiger charge is 2.53. The van der Waals surface area contributed by atoms with Crippen molar-refractivity contribution in [2.75, 3.05) is 7.05 Å². The maximum atomic E-state index is 13.2. The number of pyridine rings is 1. The number of fused-ring (bicyclic) bond motifs is 2. The van der Waals surface area contributed by atoms with E-state index < -0.39 is 5.54 Å². The predicted molar refractivity (Wildman–Crippen MR) is 105 cm³/mol. The summed E-state index contributed by atoms with van der Waals surface area (Å²) in [6.45, 7) is 4.15. The van der Waals surface area contributed by atoms with Crippen molar-refractivity contribution in [3.8, 4) is 16.9 Å². The van der Waals surface area contributed by atoms with Crippen LogP contribution in [0.4, 0.5) is 0 Å². The van der Waals surface area contributed by atoms with E-state index in [0.29, 0.717) is 17.2 Å². The summed E-state index contributed by atoms with van der Waals surface area (Å²) in [6.07, 6.45) is 3.66. The third-order valence-electron chi connectivity index (χ3n) is 5.29. The van der Waals surface area contributed by atoms with E-state index in [2.05, 4.69) is 23.8 Å². The molecule has 3 heterocycles. The van der Waals surface area contributed by atoms with E-state index in [1.165, 1.54) is 4.90 Å². The van der Waals surface area contributed by atoms with Crippen molar-refractivity contribution >= 4 is 23.5 Å². The van der Waals surface area contributed by atoms with Gasteiger partial charge in [0.05, 0.1) is 5.02 Å². The van der Waals surface area contributed by atoms with E-state index in [1.54, 1.807) is 19.4 Å². The van der Waals surface area contributed by atoms with E-state index in [-0.39, 0.29) is 23.9 Å². The third kappa shape index (κ3) is 2.75. The van der Waals surface area contributed by atoms with Gasteiger partial charge in [-0.3, -0.25) is 14.7 Å². The number of aliphatic imine (C=N–C) groups is 1. The molecule has 1 aromatic heterocycles. The molecule has 2 N–H and O–H groups in total. The number of halogens is 1. The number of hydrogen-bond donors (Lipinski definition) is 1. The Hall–Kier alpha value is -2.60. The largest absolute Gasteiger partial charge is 0.490 e. The Morgan fingerprint density at radius 1 is 1.30 bits per heavy atom. The van der Waals surface area contributed by atoms with Gasteiger partial charge in [0.15, 0.2) is 11.5 Å². The van der Waals surface area contributed by atoms with Crippen LogP contribution in [-0.2, 0) is 10.3 Å². The molecule has 27 heavy (non-hydrogen) atoms. The number of carbonyl (C=O) groups excluding carboxylic acids is 1. The topological polar surface area (TPSA) is 80.8 Å². The molecule has 2 atom stereocenters. The van der Waals surface area contributed by atoms with Gasteiger partial charge in [-0.25, -0.2) is 4.99 Å². The molecule has 2 aromatic rings. The molecule has 0 fully saturated rings. The second kappa shape index (κ2) is 6.23. The fourth-order valence-electron chi connectivity index (χ4n) is 3.69. The van der Waals surface area contributed by atoms with Gasteiger partial charge in [0.2, 0.25) is 0 Å². The maximum absolute atomic E-state index is 13.2. The van der Waals surface area contributed by atoms with Gasteiger partial charge in [0.1, 0.15) is 11.9 Å². The number of likely N-dealkylation sites (N-methyl/N-ethyl adjacent to an activating group) is 1. The lowest BCUT2D eigenvalue weighted by Gasteiger charge is -2.38. The molecule has 1 amide bonds. The van der Waals surface area contributed by atoms with Crippen LogP contribution < -0.4 is 10.5 Å². The fraction of sp³-hybridized carbons (Fsp3) is 0.350. The second-order valence-electron chi connectivity index (χ2n) is 7.40. The van der Waals surface area contributed by atoms with E-state index in [1.807, 2.05) is 24.3 Å². The average molecular weight is 385 g/mol. The van der Waals surface area contributed by atoms with Crippen LogP contribution in [0.3, 0.4) is 0 Å². The van der Waals surface area contributed by atoms with Crippen LogP contribution in [0.15, 0.2) is 41.7 Å². The maximum Gasteiger partial charge on any atom is 0.261 e. The van der Waals surface area contributed by atoms with Crippen molar-refractivity contribution in [1.29, 1.82) is 0 Å². The van der Waals surface area contributed by atoms with E-state index in [4.69, 9.17) is 22.1 Å². The molecule has 2 unspecified atom stereocenters. The summed E-state index contributed by atoms with van der Waals surface area (Å²) >= 11 is 6.09. The van der Waals surface area contributed by atoms with Crippen molar-refractivity contribution in [1.82, 2.24) is 9.88 Å². The Labute approximate surface area is 163 Å². The van der Waals surface area contributed by atoms with Crippen molar-refractivity contribution in [3.63, 3.8) is 0 Å². The molecule has 1 aromatic carbocycles. The number of amides is 1. The Kier molecular flexibility index (Phi) is 4.11. The molecule has 0 saturated carbocycles. The standard InChI is InChI=1S/C20H21ClN4O2/c1-11(2)17-8-20(18(26)25(3)19(22)24-20)15-7-12(4-5-16(15)27-17)13-6-14(21)10-23-9-13/h4-7,9-11,17H,8H2,1-3H3,(H2,22,24). The summed E-state index contributed by atoms with van der Waals surface area (Å²) in [4.78, 5) is 23.4. The minimum Gasteiger partial charge on any atom is -0.490 e. The van der Waals surface area contributed by atoms with Crippen LogP contribution in [0, 0.1) is 5.92 Å². The molecule has 7 heteroatoms. The highest BCUT2D eigenvalue weighted by atomic mass is 35.5. The first-order valence-corrected chi connectivity index (χ1v) is 9.25. The number of nitrogens with two attached hydrogens (primary N) is 1. The van der Waals surface area contributed by atoms with Gasteiger partial charge in [-0.1, -0.05) is 31.5 Å². The number of carbonyl (C=O) groups is 1. The molecule has 0 bridgehead atoms. The van der Waals surface area contributed by atoms with Crippen LogP contribution in [-0.4, -0.2) is 34.9 Å².